The first-order chi connectivity index (χ1) is 7.93. The van der Waals surface area contributed by atoms with Crippen molar-refractivity contribution in [1.29, 1.82) is 5.26 Å². The van der Waals surface area contributed by atoms with Gasteiger partial charge in [-0.25, -0.2) is 8.78 Å². The summed E-state index contributed by atoms with van der Waals surface area (Å²) in [5, 5.41) is 8.75. The zero-order valence-corrected chi connectivity index (χ0v) is 9.27. The number of likely N-dealkylation sites (tertiary alicyclic amines) is 1. The summed E-state index contributed by atoms with van der Waals surface area (Å²) < 4.78 is 26.0. The molecule has 90 valence electrons. The van der Waals surface area contributed by atoms with Crippen LogP contribution in [0.2, 0.25) is 0 Å². The third-order valence-electron chi connectivity index (χ3n) is 3.29. The van der Waals surface area contributed by atoms with Gasteiger partial charge in [-0.2, -0.15) is 5.26 Å². The molecule has 0 aromatic carbocycles. The van der Waals surface area contributed by atoms with E-state index in [0.29, 0.717) is 13.0 Å². The van der Waals surface area contributed by atoms with Crippen LogP contribution in [0.5, 0.6) is 0 Å². The molecule has 2 unspecified atom stereocenters. The van der Waals surface area contributed by atoms with E-state index in [1.54, 1.807) is 0 Å². The van der Waals surface area contributed by atoms with Crippen molar-refractivity contribution in [2.24, 2.45) is 5.92 Å². The standard InChI is InChI=1S/C10H12BF2N3O/c11-16-5-7(4-14)3-8(16)9(17)15-2-1-10(12,13)6-15/h7-8H,1-3,5-6H2. The van der Waals surface area contributed by atoms with E-state index < -0.39 is 18.5 Å². The number of carbonyl (C=O) groups excluding carboxylic acids is 1. The van der Waals surface area contributed by atoms with E-state index >= 15 is 0 Å². The van der Waals surface area contributed by atoms with Gasteiger partial charge in [0.2, 0.25) is 5.91 Å². The first-order valence-electron chi connectivity index (χ1n) is 5.50. The molecule has 17 heavy (non-hydrogen) atoms. The largest absolute Gasteiger partial charge is 0.342 e. The minimum absolute atomic E-state index is 0.0629. The molecule has 2 saturated heterocycles. The van der Waals surface area contributed by atoms with Crippen molar-refractivity contribution >= 4 is 13.9 Å². The van der Waals surface area contributed by atoms with Crippen LogP contribution in [0, 0.1) is 17.2 Å². The lowest BCUT2D eigenvalue weighted by molar-refractivity contribution is -0.135. The predicted molar refractivity (Wildman–Crippen MR) is 56.1 cm³/mol. The number of amides is 1. The van der Waals surface area contributed by atoms with E-state index in [1.807, 2.05) is 6.07 Å². The summed E-state index contributed by atoms with van der Waals surface area (Å²) >= 11 is 0. The van der Waals surface area contributed by atoms with Gasteiger partial charge >= 0.3 is 0 Å². The highest BCUT2D eigenvalue weighted by atomic mass is 19.3. The summed E-state index contributed by atoms with van der Waals surface area (Å²) in [5.74, 6) is -3.47. The highest BCUT2D eigenvalue weighted by Gasteiger charge is 2.44. The van der Waals surface area contributed by atoms with Crippen molar-refractivity contribution in [3.05, 3.63) is 0 Å². The van der Waals surface area contributed by atoms with Gasteiger partial charge in [-0.05, 0) is 6.42 Å². The third-order valence-corrected chi connectivity index (χ3v) is 3.29. The first-order valence-corrected chi connectivity index (χ1v) is 5.50. The van der Waals surface area contributed by atoms with Crippen molar-refractivity contribution in [2.75, 3.05) is 19.6 Å². The molecule has 7 heteroatoms. The molecule has 0 bridgehead atoms. The Morgan fingerprint density at radius 1 is 1.53 bits per heavy atom. The van der Waals surface area contributed by atoms with Gasteiger partial charge in [0.25, 0.3) is 5.92 Å². The van der Waals surface area contributed by atoms with E-state index in [0.717, 1.165) is 4.90 Å². The predicted octanol–water partition coefficient (Wildman–Crippen LogP) is 0.152. The number of hydrogen-bond donors (Lipinski definition) is 0. The van der Waals surface area contributed by atoms with Gasteiger partial charge in [-0.3, -0.25) is 4.79 Å². The van der Waals surface area contributed by atoms with Crippen molar-refractivity contribution < 1.29 is 13.6 Å². The minimum atomic E-state index is -2.79. The van der Waals surface area contributed by atoms with E-state index in [1.165, 1.54) is 4.81 Å². The summed E-state index contributed by atoms with van der Waals surface area (Å²) in [7, 11) is 5.63. The van der Waals surface area contributed by atoms with Crippen LogP contribution in [0.3, 0.4) is 0 Å². The maximum atomic E-state index is 13.0. The number of nitriles is 1. The molecule has 2 aliphatic rings. The maximum Gasteiger partial charge on any atom is 0.267 e. The second kappa shape index (κ2) is 4.26. The van der Waals surface area contributed by atoms with E-state index in [-0.39, 0.29) is 24.8 Å². The summed E-state index contributed by atoms with van der Waals surface area (Å²) in [6.45, 7) is -0.155. The van der Waals surface area contributed by atoms with Crippen LogP contribution in [-0.2, 0) is 4.79 Å². The monoisotopic (exact) mass is 239 g/mol. The second-order valence-electron chi connectivity index (χ2n) is 4.64. The van der Waals surface area contributed by atoms with E-state index in [2.05, 4.69) is 0 Å². The van der Waals surface area contributed by atoms with Crippen LogP contribution >= 0.6 is 0 Å². The molecule has 0 aromatic rings. The highest BCUT2D eigenvalue weighted by molar-refractivity contribution is 6.07. The Hall–Kier alpha value is -1.16. The number of nitrogens with zero attached hydrogens (tertiary/aromatic N) is 3. The number of rotatable bonds is 1. The zero-order valence-electron chi connectivity index (χ0n) is 9.27. The lowest BCUT2D eigenvalue weighted by Crippen LogP contribution is -2.44. The molecule has 2 fully saturated rings. The topological polar surface area (TPSA) is 47.3 Å². The lowest BCUT2D eigenvalue weighted by Gasteiger charge is -2.24. The minimum Gasteiger partial charge on any atom is -0.342 e. The summed E-state index contributed by atoms with van der Waals surface area (Å²) in [6.07, 6.45) is 0.0333. The second-order valence-corrected chi connectivity index (χ2v) is 4.64. The van der Waals surface area contributed by atoms with Gasteiger partial charge in [-0.1, -0.05) is 0 Å². The molecule has 2 rings (SSSR count). The summed E-state index contributed by atoms with van der Waals surface area (Å²) in [4.78, 5) is 14.4. The fourth-order valence-electron chi connectivity index (χ4n) is 2.33. The summed E-state index contributed by atoms with van der Waals surface area (Å²) in [6, 6.07) is 1.41. The van der Waals surface area contributed by atoms with Crippen LogP contribution in [0.25, 0.3) is 0 Å². The number of carbonyl (C=O) groups is 1. The highest BCUT2D eigenvalue weighted by Crippen LogP contribution is 2.29. The molecule has 0 aromatic heterocycles. The quantitative estimate of drug-likeness (QED) is 0.612. The van der Waals surface area contributed by atoms with Crippen molar-refractivity contribution in [2.45, 2.75) is 24.8 Å². The molecule has 2 radical (unpaired) electrons. The third kappa shape index (κ3) is 2.42. The van der Waals surface area contributed by atoms with E-state index in [9.17, 15) is 13.6 Å². The lowest BCUT2D eigenvalue weighted by atomic mass is 10.1. The van der Waals surface area contributed by atoms with Crippen molar-refractivity contribution in [1.82, 2.24) is 9.71 Å². The van der Waals surface area contributed by atoms with Gasteiger partial charge in [0, 0.05) is 19.5 Å². The van der Waals surface area contributed by atoms with Gasteiger partial charge in [0.05, 0.1) is 24.6 Å². The SMILES string of the molecule is [B]N1CC(C#N)CC1C(=O)N1CCC(F)(F)C1. The Balaban J connectivity index is 2.00. The average Bonchev–Trinajstić information content (AvgIpc) is 2.80. The Bertz CT molecular complexity index is 371. The van der Waals surface area contributed by atoms with Crippen LogP contribution in [0.15, 0.2) is 0 Å². The number of halogens is 2. The van der Waals surface area contributed by atoms with Gasteiger partial charge in [0.1, 0.15) is 0 Å². The normalized spacial score (nSPS) is 32.6. The van der Waals surface area contributed by atoms with Crippen LogP contribution in [-0.4, -0.2) is 55.2 Å². The Labute approximate surface area is 99.6 Å². The summed E-state index contributed by atoms with van der Waals surface area (Å²) in [5.41, 5.74) is 0. The fourth-order valence-corrected chi connectivity index (χ4v) is 2.33. The molecule has 4 nitrogen and oxygen atoms in total. The molecule has 1 amide bonds. The first kappa shape index (κ1) is 12.3. The smallest absolute Gasteiger partial charge is 0.267 e. The Morgan fingerprint density at radius 2 is 2.24 bits per heavy atom. The van der Waals surface area contributed by atoms with Crippen LogP contribution < -0.4 is 0 Å². The fraction of sp³-hybridized carbons (Fsp3) is 0.800. The van der Waals surface area contributed by atoms with Gasteiger partial charge in [-0.15, -0.1) is 0 Å². The Morgan fingerprint density at radius 3 is 2.71 bits per heavy atom. The number of alkyl halides is 2. The molecular weight excluding hydrogens is 227 g/mol. The van der Waals surface area contributed by atoms with Crippen molar-refractivity contribution in [3.63, 3.8) is 0 Å². The Kier molecular flexibility index (Phi) is 3.08. The maximum absolute atomic E-state index is 13.0. The van der Waals surface area contributed by atoms with E-state index in [4.69, 9.17) is 13.2 Å². The molecule has 2 aliphatic heterocycles. The number of hydrogen-bond acceptors (Lipinski definition) is 3. The van der Waals surface area contributed by atoms with Crippen LogP contribution in [0.1, 0.15) is 12.8 Å². The molecule has 0 aliphatic carbocycles. The van der Waals surface area contributed by atoms with Crippen LogP contribution in [0.4, 0.5) is 8.78 Å². The molecule has 0 N–H and O–H groups in total. The molecule has 0 spiro atoms. The zero-order chi connectivity index (χ0) is 12.6. The molecular formula is C10H12BF2N3O. The molecule has 2 heterocycles. The van der Waals surface area contributed by atoms with Crippen molar-refractivity contribution in [3.8, 4) is 6.07 Å². The molecule has 2 atom stereocenters. The molecule has 0 saturated carbocycles. The van der Waals surface area contributed by atoms with Gasteiger partial charge < -0.3 is 9.71 Å². The van der Waals surface area contributed by atoms with Gasteiger partial charge in [0.15, 0.2) is 7.98 Å². The average molecular weight is 239 g/mol.